The summed E-state index contributed by atoms with van der Waals surface area (Å²) >= 11 is 0. The van der Waals surface area contributed by atoms with E-state index < -0.39 is 0 Å². The molecule has 0 aliphatic carbocycles. The number of likely N-dealkylation sites (N-methyl/N-ethyl adjacent to an activating group) is 1. The van der Waals surface area contributed by atoms with Gasteiger partial charge in [0.05, 0.1) is 5.56 Å². The lowest BCUT2D eigenvalue weighted by atomic mass is 10.1. The van der Waals surface area contributed by atoms with Gasteiger partial charge in [-0.2, -0.15) is 0 Å². The summed E-state index contributed by atoms with van der Waals surface area (Å²) in [5.41, 5.74) is 1.67. The fourth-order valence-electron chi connectivity index (χ4n) is 2.72. The fraction of sp³-hybridized carbons (Fsp3) is 0.533. The van der Waals surface area contributed by atoms with E-state index >= 15 is 0 Å². The maximum Gasteiger partial charge on any atom is 0.256 e. The van der Waals surface area contributed by atoms with Crippen LogP contribution in [0.25, 0.3) is 0 Å². The van der Waals surface area contributed by atoms with Crippen LogP contribution in [-0.4, -0.2) is 55.5 Å². The van der Waals surface area contributed by atoms with Gasteiger partial charge in [-0.25, -0.2) is 0 Å². The second-order valence-electron chi connectivity index (χ2n) is 5.26. The maximum atomic E-state index is 12.7. The third-order valence-corrected chi connectivity index (χ3v) is 3.73. The Morgan fingerprint density at radius 1 is 1.32 bits per heavy atom. The molecule has 0 aromatic heterocycles. The standard InChI is InChI=1S/C15H23N3O/c1-12-11-17(3)9-6-10-18(12)15(19)13-7-4-5-8-14(13)16-2/h4-5,7-8,12,16H,6,9-11H2,1-3H3. The van der Waals surface area contributed by atoms with Gasteiger partial charge in [-0.05, 0) is 39.1 Å². The second kappa shape index (κ2) is 6.06. The normalized spacial score (nSPS) is 21.0. The minimum atomic E-state index is 0.132. The average Bonchev–Trinajstić information content (AvgIpc) is 2.58. The van der Waals surface area contributed by atoms with E-state index in [0.29, 0.717) is 0 Å². The highest BCUT2D eigenvalue weighted by Gasteiger charge is 2.25. The highest BCUT2D eigenvalue weighted by atomic mass is 16.2. The third-order valence-electron chi connectivity index (χ3n) is 3.73. The lowest BCUT2D eigenvalue weighted by Crippen LogP contribution is -2.42. The van der Waals surface area contributed by atoms with Gasteiger partial charge in [-0.15, -0.1) is 0 Å². The molecule has 4 heteroatoms. The van der Waals surface area contributed by atoms with Gasteiger partial charge in [0.15, 0.2) is 0 Å². The van der Waals surface area contributed by atoms with Gasteiger partial charge in [0.25, 0.3) is 5.91 Å². The van der Waals surface area contributed by atoms with E-state index in [0.717, 1.165) is 37.3 Å². The van der Waals surface area contributed by atoms with Crippen LogP contribution in [0.3, 0.4) is 0 Å². The Morgan fingerprint density at radius 2 is 2.05 bits per heavy atom. The number of hydrogen-bond acceptors (Lipinski definition) is 3. The first-order valence-corrected chi connectivity index (χ1v) is 6.89. The Morgan fingerprint density at radius 3 is 2.79 bits per heavy atom. The molecule has 104 valence electrons. The minimum absolute atomic E-state index is 0.132. The summed E-state index contributed by atoms with van der Waals surface area (Å²) in [5, 5.41) is 3.10. The summed E-state index contributed by atoms with van der Waals surface area (Å²) in [7, 11) is 3.97. The summed E-state index contributed by atoms with van der Waals surface area (Å²) in [5.74, 6) is 0.132. The van der Waals surface area contributed by atoms with Crippen molar-refractivity contribution in [1.29, 1.82) is 0 Å². The van der Waals surface area contributed by atoms with E-state index in [9.17, 15) is 4.79 Å². The van der Waals surface area contributed by atoms with Crippen molar-refractivity contribution in [2.75, 3.05) is 39.0 Å². The predicted molar refractivity (Wildman–Crippen MR) is 78.6 cm³/mol. The average molecular weight is 261 g/mol. The van der Waals surface area contributed by atoms with E-state index in [1.165, 1.54) is 0 Å². The van der Waals surface area contributed by atoms with Crippen LogP contribution in [0.2, 0.25) is 0 Å². The Kier molecular flexibility index (Phi) is 4.43. The number of carbonyl (C=O) groups is 1. The number of rotatable bonds is 2. The molecule has 1 aromatic rings. The lowest BCUT2D eigenvalue weighted by molar-refractivity contribution is 0.0697. The zero-order valence-corrected chi connectivity index (χ0v) is 12.0. The number of nitrogens with one attached hydrogen (secondary N) is 1. The molecule has 1 N–H and O–H groups in total. The van der Waals surface area contributed by atoms with Crippen LogP contribution in [0.15, 0.2) is 24.3 Å². The Balaban J connectivity index is 2.22. The summed E-state index contributed by atoms with van der Waals surface area (Å²) in [6.07, 6.45) is 1.04. The molecule has 1 aromatic carbocycles. The van der Waals surface area contributed by atoms with Gasteiger partial charge >= 0.3 is 0 Å². The predicted octanol–water partition coefficient (Wildman–Crippen LogP) is 1.89. The largest absolute Gasteiger partial charge is 0.387 e. The van der Waals surface area contributed by atoms with Crippen molar-refractivity contribution in [2.24, 2.45) is 0 Å². The quantitative estimate of drug-likeness (QED) is 0.883. The first-order valence-electron chi connectivity index (χ1n) is 6.89. The zero-order valence-electron chi connectivity index (χ0n) is 12.0. The molecular formula is C15H23N3O. The Hall–Kier alpha value is -1.55. The lowest BCUT2D eigenvalue weighted by Gasteiger charge is -2.28. The van der Waals surface area contributed by atoms with Crippen LogP contribution >= 0.6 is 0 Å². The van der Waals surface area contributed by atoms with Gasteiger partial charge < -0.3 is 15.1 Å². The molecule has 1 unspecified atom stereocenters. The van der Waals surface area contributed by atoms with Gasteiger partial charge in [-0.3, -0.25) is 4.79 Å². The molecule has 1 atom stereocenters. The first kappa shape index (κ1) is 13.9. The van der Waals surface area contributed by atoms with E-state index in [4.69, 9.17) is 0 Å². The monoisotopic (exact) mass is 261 g/mol. The number of hydrogen-bond donors (Lipinski definition) is 1. The summed E-state index contributed by atoms with van der Waals surface area (Å²) < 4.78 is 0. The van der Waals surface area contributed by atoms with Crippen LogP contribution in [-0.2, 0) is 0 Å². The fourth-order valence-corrected chi connectivity index (χ4v) is 2.72. The molecule has 4 nitrogen and oxygen atoms in total. The zero-order chi connectivity index (χ0) is 13.8. The molecule has 2 rings (SSSR count). The van der Waals surface area contributed by atoms with Crippen molar-refractivity contribution in [1.82, 2.24) is 9.80 Å². The SMILES string of the molecule is CNc1ccccc1C(=O)N1CCCN(C)CC1C. The number of anilines is 1. The number of nitrogens with zero attached hydrogens (tertiary/aromatic N) is 2. The molecule has 0 saturated carbocycles. The smallest absolute Gasteiger partial charge is 0.256 e. The Labute approximate surface area is 115 Å². The number of benzene rings is 1. The number of amides is 1. The summed E-state index contributed by atoms with van der Waals surface area (Å²) in [6, 6.07) is 7.97. The van der Waals surface area contributed by atoms with Gasteiger partial charge in [0.2, 0.25) is 0 Å². The van der Waals surface area contributed by atoms with E-state index in [2.05, 4.69) is 24.2 Å². The van der Waals surface area contributed by atoms with Crippen molar-refractivity contribution >= 4 is 11.6 Å². The molecule has 0 radical (unpaired) electrons. The second-order valence-corrected chi connectivity index (χ2v) is 5.26. The van der Waals surface area contributed by atoms with Crippen molar-refractivity contribution < 1.29 is 4.79 Å². The topological polar surface area (TPSA) is 35.6 Å². The van der Waals surface area contributed by atoms with Gasteiger partial charge in [0.1, 0.15) is 0 Å². The first-order chi connectivity index (χ1) is 9.13. The highest BCUT2D eigenvalue weighted by molar-refractivity contribution is 5.99. The van der Waals surface area contributed by atoms with Crippen LogP contribution in [0.4, 0.5) is 5.69 Å². The molecule has 1 aliphatic rings. The van der Waals surface area contributed by atoms with Crippen LogP contribution in [0, 0.1) is 0 Å². The van der Waals surface area contributed by atoms with E-state index in [-0.39, 0.29) is 11.9 Å². The van der Waals surface area contributed by atoms with Gasteiger partial charge in [0, 0.05) is 31.9 Å². The highest BCUT2D eigenvalue weighted by Crippen LogP contribution is 2.19. The van der Waals surface area contributed by atoms with E-state index in [1.54, 1.807) is 0 Å². The molecule has 1 fully saturated rings. The molecule has 1 heterocycles. The Bertz CT molecular complexity index is 447. The van der Waals surface area contributed by atoms with E-state index in [1.807, 2.05) is 36.2 Å². The number of carbonyl (C=O) groups excluding carboxylic acids is 1. The van der Waals surface area contributed by atoms with Crippen LogP contribution in [0.1, 0.15) is 23.7 Å². The molecular weight excluding hydrogens is 238 g/mol. The molecule has 1 amide bonds. The summed E-state index contributed by atoms with van der Waals surface area (Å²) in [4.78, 5) is 17.0. The summed E-state index contributed by atoms with van der Waals surface area (Å²) in [6.45, 7) is 4.96. The maximum absolute atomic E-state index is 12.7. The molecule has 1 aliphatic heterocycles. The molecule has 1 saturated heterocycles. The number of para-hydroxylation sites is 1. The minimum Gasteiger partial charge on any atom is -0.387 e. The van der Waals surface area contributed by atoms with Crippen molar-refractivity contribution in [2.45, 2.75) is 19.4 Å². The molecule has 19 heavy (non-hydrogen) atoms. The van der Waals surface area contributed by atoms with Crippen molar-refractivity contribution in [3.05, 3.63) is 29.8 Å². The van der Waals surface area contributed by atoms with Gasteiger partial charge in [-0.1, -0.05) is 12.1 Å². The molecule has 0 bridgehead atoms. The molecule has 0 spiro atoms. The van der Waals surface area contributed by atoms with Crippen molar-refractivity contribution in [3.63, 3.8) is 0 Å². The van der Waals surface area contributed by atoms with Crippen molar-refractivity contribution in [3.8, 4) is 0 Å². The van der Waals surface area contributed by atoms with Crippen LogP contribution in [0.5, 0.6) is 0 Å². The third kappa shape index (κ3) is 3.07. The van der Waals surface area contributed by atoms with Crippen LogP contribution < -0.4 is 5.32 Å².